The second-order valence-corrected chi connectivity index (χ2v) is 24.4. The van der Waals surface area contributed by atoms with Crippen LogP contribution in [0.25, 0.3) is 0 Å². The third-order valence-corrected chi connectivity index (χ3v) is 33.2. The molecule has 0 aromatic heterocycles. The Morgan fingerprint density at radius 1 is 1.11 bits per heavy atom. The molecule has 0 saturated carbocycles. The summed E-state index contributed by atoms with van der Waals surface area (Å²) in [4.78, 5) is 0. The highest BCUT2D eigenvalue weighted by Crippen LogP contribution is 3.03. The topological polar surface area (TPSA) is 0 Å². The molecule has 0 N–H and O–H groups in total. The first kappa shape index (κ1) is 12.9. The van der Waals surface area contributed by atoms with Crippen LogP contribution in [-0.2, 0) is 0 Å². The van der Waals surface area contributed by atoms with Crippen molar-refractivity contribution >= 4 is 73.6 Å². The molecule has 10 radical (unpaired) electrons. The van der Waals surface area contributed by atoms with Crippen molar-refractivity contribution < 1.29 is 0 Å². The van der Waals surface area contributed by atoms with E-state index < -0.39 is 6.99 Å². The standard InChI is InChI=1S/HP9/c1-6-8(4)9(5)7(2)3/h1H. The van der Waals surface area contributed by atoms with E-state index in [9.17, 15) is 0 Å². The van der Waals surface area contributed by atoms with Gasteiger partial charge in [0.05, 0.1) is 0 Å². The van der Waals surface area contributed by atoms with E-state index in [1.807, 2.05) is 0 Å². The van der Waals surface area contributed by atoms with Gasteiger partial charge >= 0.3 is 0 Å². The third kappa shape index (κ3) is 6.01. The zero-order chi connectivity index (χ0) is 7.44. The maximum Gasteiger partial charge on any atom is -0.00000000255 e. The maximum absolute atomic E-state index is 4.36. The van der Waals surface area contributed by atoms with Crippen LogP contribution in [0.5, 0.6) is 0 Å². The molecule has 0 saturated heterocycles. The summed E-state index contributed by atoms with van der Waals surface area (Å²) >= 11 is 0. The zero-order valence-electron chi connectivity index (χ0n) is 4.08. The minimum Gasteiger partial charge on any atom is -0.0581 e. The van der Waals surface area contributed by atoms with Gasteiger partial charge in [-0.2, -0.15) is 0 Å². The van der Waals surface area contributed by atoms with Gasteiger partial charge in [0.1, 0.15) is 0 Å². The van der Waals surface area contributed by atoms with E-state index in [2.05, 4.69) is 44.6 Å². The zero-order valence-corrected chi connectivity index (χ0v) is 12.2. The van der Waals surface area contributed by atoms with Gasteiger partial charge in [-0.05, 0) is 64.6 Å². The molecule has 9 heavy (non-hydrogen) atoms. The van der Waals surface area contributed by atoms with Crippen molar-refractivity contribution in [3.8, 4) is 0 Å². The van der Waals surface area contributed by atoms with Crippen LogP contribution in [0.3, 0.4) is 0 Å². The van der Waals surface area contributed by atoms with Gasteiger partial charge in [-0.15, -0.1) is 0 Å². The van der Waals surface area contributed by atoms with Crippen molar-refractivity contribution in [1.82, 2.24) is 0 Å². The van der Waals surface area contributed by atoms with Crippen LogP contribution < -0.4 is 0 Å². The normalized spacial score (nSPS) is 19.3. The summed E-state index contributed by atoms with van der Waals surface area (Å²) in [7, 11) is 21.6. The van der Waals surface area contributed by atoms with Crippen molar-refractivity contribution in [3.63, 3.8) is 0 Å². The lowest BCUT2D eigenvalue weighted by Gasteiger charge is -2.17. The second kappa shape index (κ2) is 7.29. The molecule has 0 fully saturated rings. The molecule has 0 rings (SSSR count). The van der Waals surface area contributed by atoms with E-state index in [0.717, 1.165) is 7.96 Å². The maximum atomic E-state index is 4.36. The van der Waals surface area contributed by atoms with Gasteiger partial charge in [-0.25, -0.2) is 0 Å². The molecule has 46 valence electrons. The molecule has 2 unspecified atom stereocenters. The lowest BCUT2D eigenvalue weighted by Crippen LogP contribution is -1.30. The van der Waals surface area contributed by atoms with Crippen molar-refractivity contribution in [2.75, 3.05) is 0 Å². The predicted molar refractivity (Wildman–Crippen MR) is 63.7 cm³/mol. The van der Waals surface area contributed by atoms with Crippen LogP contribution in [0.2, 0.25) is 0 Å². The summed E-state index contributed by atoms with van der Waals surface area (Å²) in [6.45, 7) is -1.11. The minimum absolute atomic E-state index is 0.294. The molecule has 0 aliphatic rings. The highest BCUT2D eigenvalue weighted by Gasteiger charge is 2.17. The van der Waals surface area contributed by atoms with E-state index in [1.54, 1.807) is 0 Å². The second-order valence-electron chi connectivity index (χ2n) is 0.905. The third-order valence-electron chi connectivity index (χ3n) is 0.409. The Morgan fingerprint density at radius 2 is 1.56 bits per heavy atom. The van der Waals surface area contributed by atoms with Gasteiger partial charge in [-0.3, -0.25) is 0 Å². The van der Waals surface area contributed by atoms with E-state index in [-0.39, 0.29) is 14.0 Å². The van der Waals surface area contributed by atoms with Gasteiger partial charge in [0.2, 0.25) is 0 Å². The highest BCUT2D eigenvalue weighted by atomic mass is 33.1. The fourth-order valence-corrected chi connectivity index (χ4v) is 27.1. The van der Waals surface area contributed by atoms with Crippen LogP contribution in [0.15, 0.2) is 0 Å². The lowest BCUT2D eigenvalue weighted by molar-refractivity contribution is 4.76. The molecule has 0 aromatic carbocycles. The smallest absolute Gasteiger partial charge is 0.00000000255 e. The van der Waals surface area contributed by atoms with Crippen LogP contribution in [-0.4, -0.2) is 0 Å². The Balaban J connectivity index is 3.58. The van der Waals surface area contributed by atoms with Crippen LogP contribution >= 0.6 is 73.6 Å². The Labute approximate surface area is 73.6 Å². The lowest BCUT2D eigenvalue weighted by atomic mass is 28.8. The first-order valence-electron chi connectivity index (χ1n) is 1.62. The molecule has 0 nitrogen and oxygen atoms in total. The van der Waals surface area contributed by atoms with Crippen molar-refractivity contribution in [3.05, 3.63) is 0 Å². The van der Waals surface area contributed by atoms with Gasteiger partial charge in [0.15, 0.2) is 0 Å². The average molecular weight is 280 g/mol. The predicted octanol–water partition coefficient (Wildman–Crippen LogP) is 7.48. The van der Waals surface area contributed by atoms with E-state index in [4.69, 9.17) is 0 Å². The minimum atomic E-state index is -0.475. The summed E-state index contributed by atoms with van der Waals surface area (Å²) in [5.74, 6) is 0. The Hall–Kier alpha value is 3.87. The van der Waals surface area contributed by atoms with Crippen LogP contribution in [0.1, 0.15) is 0 Å². The Bertz CT molecular complexity index is 64.4. The molecular formula is HP9. The first-order chi connectivity index (χ1) is 4.09. The monoisotopic (exact) mass is 280 g/mol. The number of hydrogen-bond donors (Lipinski definition) is 0. The van der Waals surface area contributed by atoms with E-state index >= 15 is 0 Å². The molecule has 0 aliphatic carbocycles. The summed E-state index contributed by atoms with van der Waals surface area (Å²) in [6, 6.07) is 0. The van der Waals surface area contributed by atoms with Gasteiger partial charge in [0, 0.05) is 0 Å². The molecule has 0 spiro atoms. The molecule has 2 atom stereocenters. The van der Waals surface area contributed by atoms with Crippen molar-refractivity contribution in [1.29, 1.82) is 0 Å². The molecule has 0 aliphatic heterocycles. The SMILES string of the molecule is [P]P([P])P([P])P([P])[P][PH]. The number of rotatable bonds is 3. The largest absolute Gasteiger partial charge is 0.0581 e. The van der Waals surface area contributed by atoms with Crippen molar-refractivity contribution in [2.45, 2.75) is 0 Å². The Morgan fingerprint density at radius 3 is 1.67 bits per heavy atom. The number of hydrogen-bond acceptors (Lipinski definition) is 0. The fourth-order valence-electron chi connectivity index (χ4n) is 0.112. The van der Waals surface area contributed by atoms with E-state index in [1.165, 1.54) is 0 Å². The summed E-state index contributed by atoms with van der Waals surface area (Å²) < 4.78 is 0. The molecular weight excluding hydrogens is 279 g/mol. The van der Waals surface area contributed by atoms with Gasteiger partial charge < -0.3 is 0 Å². The summed E-state index contributed by atoms with van der Waals surface area (Å²) in [5, 5.41) is 0. The molecule has 9 heteroatoms. The quantitative estimate of drug-likeness (QED) is 0.470. The molecule has 0 bridgehead atoms. The fraction of sp³-hybridized carbons (Fsp3) is 0. The average Bonchev–Trinajstić information content (AvgIpc) is 1.84. The van der Waals surface area contributed by atoms with Gasteiger partial charge in [-0.1, -0.05) is 8.93 Å². The van der Waals surface area contributed by atoms with Crippen LogP contribution in [0, 0.1) is 0 Å². The highest BCUT2D eigenvalue weighted by molar-refractivity contribution is 9.09. The Kier molecular flexibility index (Phi) is 10.4. The molecule has 0 amide bonds. The van der Waals surface area contributed by atoms with Gasteiger partial charge in [0.25, 0.3) is 0 Å². The molecule has 0 heterocycles. The van der Waals surface area contributed by atoms with Crippen molar-refractivity contribution in [2.24, 2.45) is 0 Å². The summed E-state index contributed by atoms with van der Waals surface area (Å²) in [6.07, 6.45) is 0. The first-order valence-corrected chi connectivity index (χ1v) is 14.6. The van der Waals surface area contributed by atoms with Crippen LogP contribution in [0.4, 0.5) is 0 Å². The molecule has 0 aromatic rings. The summed E-state index contributed by atoms with van der Waals surface area (Å²) in [5.41, 5.74) is 0. The van der Waals surface area contributed by atoms with E-state index in [0.29, 0.717) is 0 Å².